The number of amides is 1. The van der Waals surface area contributed by atoms with Crippen molar-refractivity contribution >= 4 is 12.0 Å². The first-order valence-corrected chi connectivity index (χ1v) is 7.89. The van der Waals surface area contributed by atoms with Crippen LogP contribution < -0.4 is 11.2 Å². The van der Waals surface area contributed by atoms with Gasteiger partial charge in [0.05, 0.1) is 0 Å². The highest BCUT2D eigenvalue weighted by atomic mass is 16.2. The highest BCUT2D eigenvalue weighted by Gasteiger charge is 2.10. The molecule has 0 atom stereocenters. The van der Waals surface area contributed by atoms with E-state index in [0.29, 0.717) is 13.1 Å². The quantitative estimate of drug-likeness (QED) is 0.837. The Labute approximate surface area is 140 Å². The minimum Gasteiger partial charge on any atom is -0.339 e. The molecule has 0 unspecified atom stereocenters. The summed E-state index contributed by atoms with van der Waals surface area (Å²) in [6, 6.07) is 11.1. The third-order valence-electron chi connectivity index (χ3n) is 3.63. The Bertz CT molecular complexity index is 806. The van der Waals surface area contributed by atoms with Crippen molar-refractivity contribution in [2.75, 3.05) is 13.1 Å². The Morgan fingerprint density at radius 2 is 1.96 bits per heavy atom. The molecule has 24 heavy (non-hydrogen) atoms. The van der Waals surface area contributed by atoms with Crippen molar-refractivity contribution in [1.29, 1.82) is 0 Å². The lowest BCUT2D eigenvalue weighted by Crippen LogP contribution is -2.34. The molecule has 1 amide bonds. The van der Waals surface area contributed by atoms with E-state index in [4.69, 9.17) is 0 Å². The standard InChI is InChI=1S/C18H21N3O3/c1-2-20(12-6-9-15-7-4-3-5-8-15)17(23)11-14-21-13-10-16(22)19-18(21)24/h3-10,13H,2,11-12,14H2,1H3,(H,19,22,24)/b9-6+. The van der Waals surface area contributed by atoms with E-state index in [1.807, 2.05) is 49.4 Å². The number of aromatic amines is 1. The van der Waals surface area contributed by atoms with Crippen molar-refractivity contribution < 1.29 is 4.79 Å². The van der Waals surface area contributed by atoms with Gasteiger partial charge in [-0.25, -0.2) is 4.79 Å². The Morgan fingerprint density at radius 3 is 2.62 bits per heavy atom. The Morgan fingerprint density at radius 1 is 1.21 bits per heavy atom. The summed E-state index contributed by atoms with van der Waals surface area (Å²) in [5, 5.41) is 0. The molecule has 1 aromatic carbocycles. The summed E-state index contributed by atoms with van der Waals surface area (Å²) in [4.78, 5) is 38.8. The molecule has 1 aromatic heterocycles. The third-order valence-corrected chi connectivity index (χ3v) is 3.63. The van der Waals surface area contributed by atoms with Gasteiger partial charge in [0.15, 0.2) is 0 Å². The fourth-order valence-electron chi connectivity index (χ4n) is 2.28. The summed E-state index contributed by atoms with van der Waals surface area (Å²) in [5.41, 5.74) is 0.145. The minimum atomic E-state index is -0.498. The second-order valence-corrected chi connectivity index (χ2v) is 5.30. The number of nitrogens with zero attached hydrogens (tertiary/aromatic N) is 2. The molecule has 0 radical (unpaired) electrons. The summed E-state index contributed by atoms with van der Waals surface area (Å²) in [6.07, 6.45) is 5.53. The Balaban J connectivity index is 1.90. The van der Waals surface area contributed by atoms with E-state index in [-0.39, 0.29) is 18.9 Å². The number of carbonyl (C=O) groups is 1. The predicted molar refractivity (Wildman–Crippen MR) is 93.7 cm³/mol. The third kappa shape index (κ3) is 5.08. The van der Waals surface area contributed by atoms with Crippen LogP contribution in [0.25, 0.3) is 6.08 Å². The van der Waals surface area contributed by atoms with Gasteiger partial charge in [0.1, 0.15) is 0 Å². The number of benzene rings is 1. The van der Waals surface area contributed by atoms with Crippen LogP contribution in [0.15, 0.2) is 58.3 Å². The molecule has 1 heterocycles. The normalized spacial score (nSPS) is 10.9. The molecule has 0 saturated heterocycles. The van der Waals surface area contributed by atoms with E-state index in [1.165, 1.54) is 16.8 Å². The van der Waals surface area contributed by atoms with Gasteiger partial charge in [-0.3, -0.25) is 14.6 Å². The molecule has 6 nitrogen and oxygen atoms in total. The Hall–Kier alpha value is -2.89. The summed E-state index contributed by atoms with van der Waals surface area (Å²) in [5.74, 6) is -0.0340. The molecule has 0 aliphatic heterocycles. The van der Waals surface area contributed by atoms with E-state index < -0.39 is 11.2 Å². The number of hydrogen-bond acceptors (Lipinski definition) is 3. The molecule has 126 valence electrons. The van der Waals surface area contributed by atoms with Gasteiger partial charge in [-0.1, -0.05) is 42.5 Å². The maximum Gasteiger partial charge on any atom is 0.328 e. The van der Waals surface area contributed by atoms with Crippen LogP contribution >= 0.6 is 0 Å². The zero-order chi connectivity index (χ0) is 17.4. The molecule has 2 aromatic rings. The zero-order valence-corrected chi connectivity index (χ0v) is 13.6. The van der Waals surface area contributed by atoms with Crippen molar-refractivity contribution in [1.82, 2.24) is 14.5 Å². The largest absolute Gasteiger partial charge is 0.339 e. The second-order valence-electron chi connectivity index (χ2n) is 5.30. The van der Waals surface area contributed by atoms with Crippen LogP contribution in [0, 0.1) is 0 Å². The smallest absolute Gasteiger partial charge is 0.328 e. The molecule has 6 heteroatoms. The van der Waals surface area contributed by atoms with Gasteiger partial charge in [0.25, 0.3) is 5.56 Å². The van der Waals surface area contributed by atoms with E-state index in [1.54, 1.807) is 4.90 Å². The topological polar surface area (TPSA) is 75.2 Å². The fraction of sp³-hybridized carbons (Fsp3) is 0.278. The lowest BCUT2D eigenvalue weighted by molar-refractivity contribution is -0.130. The van der Waals surface area contributed by atoms with Crippen molar-refractivity contribution in [3.8, 4) is 0 Å². The average molecular weight is 327 g/mol. The molecule has 2 rings (SSSR count). The average Bonchev–Trinajstić information content (AvgIpc) is 2.58. The molecule has 0 fully saturated rings. The lowest BCUT2D eigenvalue weighted by Gasteiger charge is -2.19. The monoisotopic (exact) mass is 327 g/mol. The Kier molecular flexibility index (Phi) is 6.31. The van der Waals surface area contributed by atoms with Crippen LogP contribution in [0.4, 0.5) is 0 Å². The van der Waals surface area contributed by atoms with Gasteiger partial charge in [-0.05, 0) is 12.5 Å². The predicted octanol–water partition coefficient (Wildman–Crippen LogP) is 1.49. The second kappa shape index (κ2) is 8.67. The van der Waals surface area contributed by atoms with Crippen molar-refractivity contribution in [2.45, 2.75) is 19.9 Å². The number of aryl methyl sites for hydroxylation is 1. The molecule has 0 aliphatic carbocycles. The van der Waals surface area contributed by atoms with Gasteiger partial charge < -0.3 is 9.47 Å². The highest BCUT2D eigenvalue weighted by molar-refractivity contribution is 5.76. The number of aromatic nitrogens is 2. The fourth-order valence-corrected chi connectivity index (χ4v) is 2.28. The van der Waals surface area contributed by atoms with Gasteiger partial charge in [-0.2, -0.15) is 0 Å². The summed E-state index contributed by atoms with van der Waals surface area (Å²) in [7, 11) is 0. The van der Waals surface area contributed by atoms with Gasteiger partial charge in [0, 0.05) is 38.3 Å². The highest BCUT2D eigenvalue weighted by Crippen LogP contribution is 2.02. The summed E-state index contributed by atoms with van der Waals surface area (Å²) < 4.78 is 1.33. The first-order chi connectivity index (χ1) is 11.6. The van der Waals surface area contributed by atoms with Crippen LogP contribution in [0.1, 0.15) is 18.9 Å². The first kappa shape index (κ1) is 17.5. The van der Waals surface area contributed by atoms with Crippen LogP contribution in [-0.4, -0.2) is 33.4 Å². The minimum absolute atomic E-state index is 0.0340. The van der Waals surface area contributed by atoms with Crippen LogP contribution in [0.3, 0.4) is 0 Å². The molecule has 0 spiro atoms. The zero-order valence-electron chi connectivity index (χ0n) is 13.6. The summed E-state index contributed by atoms with van der Waals surface area (Å²) >= 11 is 0. The number of rotatable bonds is 7. The van der Waals surface area contributed by atoms with Crippen molar-refractivity contribution in [3.63, 3.8) is 0 Å². The van der Waals surface area contributed by atoms with E-state index in [0.717, 1.165) is 5.56 Å². The number of nitrogens with one attached hydrogen (secondary N) is 1. The number of carbonyl (C=O) groups excluding carboxylic acids is 1. The van der Waals surface area contributed by atoms with Gasteiger partial charge in [0.2, 0.25) is 5.91 Å². The molecule has 0 bridgehead atoms. The van der Waals surface area contributed by atoms with E-state index in [9.17, 15) is 14.4 Å². The maximum absolute atomic E-state index is 12.3. The molecule has 0 aliphatic rings. The lowest BCUT2D eigenvalue weighted by atomic mass is 10.2. The number of hydrogen-bond donors (Lipinski definition) is 1. The van der Waals surface area contributed by atoms with E-state index >= 15 is 0 Å². The van der Waals surface area contributed by atoms with Crippen molar-refractivity contribution in [2.24, 2.45) is 0 Å². The first-order valence-electron chi connectivity index (χ1n) is 7.89. The van der Waals surface area contributed by atoms with E-state index in [2.05, 4.69) is 4.98 Å². The molecular weight excluding hydrogens is 306 g/mol. The summed E-state index contributed by atoms with van der Waals surface area (Å²) in [6.45, 7) is 3.27. The van der Waals surface area contributed by atoms with Crippen molar-refractivity contribution in [3.05, 3.63) is 75.1 Å². The SMILES string of the molecule is CCN(C/C=C/c1ccccc1)C(=O)CCn1ccc(=O)[nH]c1=O. The number of H-pyrrole nitrogens is 1. The van der Waals surface area contributed by atoms with Crippen LogP contribution in [-0.2, 0) is 11.3 Å². The maximum atomic E-state index is 12.3. The molecular formula is C18H21N3O3. The van der Waals surface area contributed by atoms with Crippen LogP contribution in [0.5, 0.6) is 0 Å². The molecule has 0 saturated carbocycles. The van der Waals surface area contributed by atoms with Crippen LogP contribution in [0.2, 0.25) is 0 Å². The molecule has 1 N–H and O–H groups in total. The van der Waals surface area contributed by atoms with Gasteiger partial charge >= 0.3 is 5.69 Å². The number of likely N-dealkylation sites (N-methyl/N-ethyl adjacent to an activating group) is 1. The van der Waals surface area contributed by atoms with Gasteiger partial charge in [-0.15, -0.1) is 0 Å².